The average Bonchev–Trinajstić information content (AvgIpc) is 3.78. The van der Waals surface area contributed by atoms with Crippen molar-refractivity contribution in [2.75, 3.05) is 0 Å². The molecule has 3 aromatic heterocycles. The number of para-hydroxylation sites is 1. The molecule has 0 aliphatic heterocycles. The average molecular weight is 854 g/mol. The van der Waals surface area contributed by atoms with Crippen LogP contribution in [0.15, 0.2) is 217 Å². The van der Waals surface area contributed by atoms with Gasteiger partial charge in [0.05, 0.1) is 12.1 Å². The minimum Gasteiger partial charge on any atom is -0.456 e. The highest BCUT2D eigenvalue weighted by molar-refractivity contribution is 6.24. The molecule has 0 aliphatic rings. The lowest BCUT2D eigenvalue weighted by Gasteiger charge is -2.18. The van der Waals surface area contributed by atoms with E-state index in [1.807, 2.05) is 91.1 Å². The number of aromatic nitrogens is 4. The molecule has 13 rings (SSSR count). The largest absolute Gasteiger partial charge is 0.456 e. The Kier molecular flexibility index (Phi) is 8.80. The Balaban J connectivity index is 0.972. The molecule has 67 heavy (non-hydrogen) atoms. The van der Waals surface area contributed by atoms with Crippen LogP contribution in [0.5, 0.6) is 0 Å². The standard InChI is InChI=1S/C61H35N5O/c1-62-42-27-24-37(25-28-42)43-30-31-48(45-18-6-5-17-44(43)45)53-36-55-51-22-12-32-63-58(51)52(35-54(55)47-20-8-7-19-46(47)53)39-15-11-16-40(33-39)60-64-59(38-13-3-2-4-14-38)65-61(66-60)41-26-29-50-49-21-9-10-23-56(49)67-57(50)34-41/h2-36H. The van der Waals surface area contributed by atoms with E-state index in [9.17, 15) is 0 Å². The van der Waals surface area contributed by atoms with Gasteiger partial charge >= 0.3 is 0 Å². The summed E-state index contributed by atoms with van der Waals surface area (Å²) >= 11 is 0. The van der Waals surface area contributed by atoms with Gasteiger partial charge in [-0.15, -0.1) is 0 Å². The maximum absolute atomic E-state index is 7.45. The zero-order valence-corrected chi connectivity index (χ0v) is 35.9. The van der Waals surface area contributed by atoms with Gasteiger partial charge in [-0.25, -0.2) is 19.8 Å². The van der Waals surface area contributed by atoms with Crippen LogP contribution < -0.4 is 0 Å². The molecule has 0 atom stereocenters. The molecule has 310 valence electrons. The van der Waals surface area contributed by atoms with E-state index in [-0.39, 0.29) is 0 Å². The smallest absolute Gasteiger partial charge is 0.187 e. The number of nitrogens with zero attached hydrogens (tertiary/aromatic N) is 5. The van der Waals surface area contributed by atoms with Gasteiger partial charge in [-0.05, 0) is 103 Å². The van der Waals surface area contributed by atoms with Crippen LogP contribution in [0.25, 0.3) is 138 Å². The van der Waals surface area contributed by atoms with E-state index in [4.69, 9.17) is 30.9 Å². The Labute approximate surface area is 385 Å². The van der Waals surface area contributed by atoms with Crippen LogP contribution in [-0.2, 0) is 0 Å². The molecule has 0 radical (unpaired) electrons. The predicted octanol–water partition coefficient (Wildman–Crippen LogP) is 16.3. The van der Waals surface area contributed by atoms with Gasteiger partial charge in [0.15, 0.2) is 23.2 Å². The van der Waals surface area contributed by atoms with E-state index in [0.717, 1.165) is 104 Å². The highest BCUT2D eigenvalue weighted by Gasteiger charge is 2.20. The van der Waals surface area contributed by atoms with E-state index in [0.29, 0.717) is 23.2 Å². The summed E-state index contributed by atoms with van der Waals surface area (Å²) in [6, 6.07) is 71.3. The third-order valence-electron chi connectivity index (χ3n) is 13.0. The minimum absolute atomic E-state index is 0.564. The van der Waals surface area contributed by atoms with E-state index in [2.05, 4.69) is 126 Å². The Bertz CT molecular complexity index is 4170. The zero-order valence-electron chi connectivity index (χ0n) is 35.9. The number of hydrogen-bond acceptors (Lipinski definition) is 5. The molecule has 0 saturated carbocycles. The number of furan rings is 1. The van der Waals surface area contributed by atoms with Gasteiger partial charge < -0.3 is 4.42 Å². The molecule has 0 unspecified atom stereocenters. The number of fused-ring (bicyclic) bond motifs is 9. The summed E-state index contributed by atoms with van der Waals surface area (Å²) in [6.07, 6.45) is 1.88. The molecular weight excluding hydrogens is 819 g/mol. The molecule has 0 N–H and O–H groups in total. The topological polar surface area (TPSA) is 69.1 Å². The highest BCUT2D eigenvalue weighted by atomic mass is 16.3. The van der Waals surface area contributed by atoms with Crippen molar-refractivity contribution in [3.63, 3.8) is 0 Å². The fourth-order valence-corrected chi connectivity index (χ4v) is 9.81. The Morgan fingerprint density at radius 3 is 1.66 bits per heavy atom. The number of pyridine rings is 1. The summed E-state index contributed by atoms with van der Waals surface area (Å²) in [4.78, 5) is 24.0. The lowest BCUT2D eigenvalue weighted by atomic mass is 9.86. The lowest BCUT2D eigenvalue weighted by molar-refractivity contribution is 0.669. The van der Waals surface area contributed by atoms with Crippen LogP contribution in [-0.4, -0.2) is 19.9 Å². The van der Waals surface area contributed by atoms with Crippen LogP contribution in [0.2, 0.25) is 0 Å². The first-order valence-electron chi connectivity index (χ1n) is 22.2. The normalized spacial score (nSPS) is 11.6. The first kappa shape index (κ1) is 38.2. The molecule has 0 bridgehead atoms. The molecule has 6 nitrogen and oxygen atoms in total. The second-order valence-electron chi connectivity index (χ2n) is 16.8. The Morgan fingerprint density at radius 1 is 0.328 bits per heavy atom. The molecule has 0 fully saturated rings. The third-order valence-corrected chi connectivity index (χ3v) is 13.0. The number of rotatable bonds is 6. The van der Waals surface area contributed by atoms with Crippen LogP contribution >= 0.6 is 0 Å². The van der Waals surface area contributed by atoms with Gasteiger partial charge in [0, 0.05) is 44.6 Å². The number of hydrogen-bond donors (Lipinski definition) is 0. The zero-order chi connectivity index (χ0) is 44.4. The highest BCUT2D eigenvalue weighted by Crippen LogP contribution is 2.44. The molecule has 0 aliphatic carbocycles. The van der Waals surface area contributed by atoms with Crippen LogP contribution in [0.1, 0.15) is 0 Å². The monoisotopic (exact) mass is 853 g/mol. The van der Waals surface area contributed by atoms with Crippen molar-refractivity contribution < 1.29 is 4.42 Å². The molecule has 0 amide bonds. The summed E-state index contributed by atoms with van der Waals surface area (Å²) < 4.78 is 6.29. The lowest BCUT2D eigenvalue weighted by Crippen LogP contribution is -2.00. The first-order chi connectivity index (χ1) is 33.1. The van der Waals surface area contributed by atoms with Crippen molar-refractivity contribution in [3.8, 4) is 67.5 Å². The van der Waals surface area contributed by atoms with Gasteiger partial charge in [0.1, 0.15) is 11.2 Å². The van der Waals surface area contributed by atoms with Crippen molar-refractivity contribution in [1.29, 1.82) is 0 Å². The fourth-order valence-electron chi connectivity index (χ4n) is 9.81. The van der Waals surface area contributed by atoms with Gasteiger partial charge in [-0.2, -0.15) is 0 Å². The summed E-state index contributed by atoms with van der Waals surface area (Å²) in [7, 11) is 0. The molecule has 6 heteroatoms. The second kappa shape index (κ2) is 15.4. The Morgan fingerprint density at radius 2 is 0.881 bits per heavy atom. The van der Waals surface area contributed by atoms with E-state index >= 15 is 0 Å². The second-order valence-corrected chi connectivity index (χ2v) is 16.8. The van der Waals surface area contributed by atoms with Crippen molar-refractivity contribution in [2.24, 2.45) is 0 Å². The quantitative estimate of drug-likeness (QED) is 0.123. The van der Waals surface area contributed by atoms with Gasteiger partial charge in [-0.3, -0.25) is 4.98 Å². The molecule has 0 saturated heterocycles. The van der Waals surface area contributed by atoms with Crippen LogP contribution in [0.3, 0.4) is 0 Å². The van der Waals surface area contributed by atoms with Crippen molar-refractivity contribution in [3.05, 3.63) is 224 Å². The molecule has 10 aromatic carbocycles. The molecular formula is C61H35N5O. The van der Waals surface area contributed by atoms with Gasteiger partial charge in [-0.1, -0.05) is 164 Å². The number of benzene rings is 10. The predicted molar refractivity (Wildman–Crippen MR) is 274 cm³/mol. The molecule has 0 spiro atoms. The minimum atomic E-state index is 0.564. The van der Waals surface area contributed by atoms with E-state index in [1.54, 1.807) is 0 Å². The first-order valence-corrected chi connectivity index (χ1v) is 22.2. The van der Waals surface area contributed by atoms with Crippen LogP contribution in [0.4, 0.5) is 5.69 Å². The van der Waals surface area contributed by atoms with E-state index < -0.39 is 0 Å². The summed E-state index contributed by atoms with van der Waals surface area (Å²) in [6.45, 7) is 7.45. The fraction of sp³-hybridized carbons (Fsp3) is 0. The van der Waals surface area contributed by atoms with Crippen molar-refractivity contribution in [1.82, 2.24) is 19.9 Å². The van der Waals surface area contributed by atoms with Crippen LogP contribution in [0, 0.1) is 6.57 Å². The van der Waals surface area contributed by atoms with Gasteiger partial charge in [0.2, 0.25) is 0 Å². The summed E-state index contributed by atoms with van der Waals surface area (Å²) in [5, 5.41) is 10.1. The van der Waals surface area contributed by atoms with Gasteiger partial charge in [0.25, 0.3) is 0 Å². The van der Waals surface area contributed by atoms with Crippen molar-refractivity contribution >= 4 is 70.8 Å². The Hall–Kier alpha value is -9.31. The maximum Gasteiger partial charge on any atom is 0.187 e. The summed E-state index contributed by atoms with van der Waals surface area (Å²) in [5.74, 6) is 1.73. The van der Waals surface area contributed by atoms with E-state index in [1.165, 1.54) is 10.8 Å². The third kappa shape index (κ3) is 6.41. The molecule has 13 aromatic rings. The maximum atomic E-state index is 7.45. The molecule has 3 heterocycles. The summed E-state index contributed by atoms with van der Waals surface area (Å²) in [5.41, 5.74) is 12.4. The van der Waals surface area contributed by atoms with Crippen molar-refractivity contribution in [2.45, 2.75) is 0 Å². The SMILES string of the molecule is [C-]#[N+]c1ccc(-c2ccc(-c3cc4c5cccnc5c(-c5cccc(-c6nc(-c7ccccc7)nc(-c7ccc8c(c7)oc7ccccc78)n6)c5)cc4c4ccccc34)c3ccccc23)cc1.